The molecule has 0 radical (unpaired) electrons. The summed E-state index contributed by atoms with van der Waals surface area (Å²) in [6, 6.07) is 0. The van der Waals surface area contributed by atoms with Crippen LogP contribution in [0.1, 0.15) is 19.0 Å². The van der Waals surface area contributed by atoms with Crippen molar-refractivity contribution in [1.82, 2.24) is 20.2 Å². The number of carbonyl (C=O) groups excluding carboxylic acids is 2. The molecule has 1 saturated carbocycles. The zero-order valence-corrected chi connectivity index (χ0v) is 16.9. The average molecular weight is 403 g/mol. The quantitative estimate of drug-likeness (QED) is 0.590. The van der Waals surface area contributed by atoms with Crippen molar-refractivity contribution in [3.63, 3.8) is 0 Å². The van der Waals surface area contributed by atoms with E-state index in [0.717, 1.165) is 11.5 Å². The first-order valence-electron chi connectivity index (χ1n) is 10.3. The second-order valence-corrected chi connectivity index (χ2v) is 8.54. The molecule has 2 amide bonds. The van der Waals surface area contributed by atoms with Gasteiger partial charge in [0.2, 0.25) is 11.8 Å². The van der Waals surface area contributed by atoms with Crippen LogP contribution in [0, 0.1) is 30.6 Å². The summed E-state index contributed by atoms with van der Waals surface area (Å²) in [5.41, 5.74) is 0.806. The monoisotopic (exact) mass is 403 g/mol. The summed E-state index contributed by atoms with van der Waals surface area (Å²) >= 11 is 0. The maximum absolute atomic E-state index is 13.5. The molecule has 0 spiro atoms. The maximum Gasteiger partial charge on any atom is 0.226 e. The van der Waals surface area contributed by atoms with Crippen molar-refractivity contribution in [1.29, 1.82) is 0 Å². The van der Waals surface area contributed by atoms with E-state index in [9.17, 15) is 19.8 Å². The van der Waals surface area contributed by atoms with Crippen molar-refractivity contribution >= 4 is 17.6 Å². The summed E-state index contributed by atoms with van der Waals surface area (Å²) in [5, 5.41) is 24.2. The van der Waals surface area contributed by atoms with E-state index in [-0.39, 0.29) is 36.0 Å². The molecule has 158 valence electrons. The molecule has 9 heteroatoms. The van der Waals surface area contributed by atoms with E-state index in [1.807, 2.05) is 13.8 Å². The fraction of sp³-hybridized carbons (Fsp3) is 0.700. The SMILES string of the molecule is Cc1cncc(N2C[C@@H]3[C@H](O)[C@@H](O)[C@H](C)[C@H](C(=O)N4CCNC(=O)CC4)[C@H]3C2)n1. The number of anilines is 1. The normalized spacial score (nSPS) is 35.1. The van der Waals surface area contributed by atoms with Gasteiger partial charge < -0.3 is 25.3 Å². The third-order valence-electron chi connectivity index (χ3n) is 6.74. The third-order valence-corrected chi connectivity index (χ3v) is 6.74. The van der Waals surface area contributed by atoms with Gasteiger partial charge >= 0.3 is 0 Å². The molecule has 29 heavy (non-hydrogen) atoms. The van der Waals surface area contributed by atoms with Crippen LogP contribution in [0.5, 0.6) is 0 Å². The summed E-state index contributed by atoms with van der Waals surface area (Å²) in [5.74, 6) is -0.440. The number of aliphatic hydroxyl groups is 2. The number of aromatic nitrogens is 2. The third kappa shape index (κ3) is 3.69. The minimum absolute atomic E-state index is 0.0351. The first-order chi connectivity index (χ1) is 13.9. The minimum atomic E-state index is -0.958. The van der Waals surface area contributed by atoms with Gasteiger partial charge in [-0.3, -0.25) is 14.6 Å². The van der Waals surface area contributed by atoms with Crippen LogP contribution in [0.15, 0.2) is 12.4 Å². The molecule has 2 aliphatic heterocycles. The van der Waals surface area contributed by atoms with Gasteiger partial charge in [0.05, 0.1) is 24.1 Å². The molecule has 0 aromatic carbocycles. The van der Waals surface area contributed by atoms with Gasteiger partial charge in [-0.2, -0.15) is 0 Å². The lowest BCUT2D eigenvalue weighted by molar-refractivity contribution is -0.155. The zero-order chi connectivity index (χ0) is 20.7. The van der Waals surface area contributed by atoms with Gasteiger partial charge in [-0.05, 0) is 18.8 Å². The Morgan fingerprint density at radius 1 is 1.17 bits per heavy atom. The summed E-state index contributed by atoms with van der Waals surface area (Å²) < 4.78 is 0. The maximum atomic E-state index is 13.5. The van der Waals surface area contributed by atoms with E-state index >= 15 is 0 Å². The predicted octanol–water partition coefficient (Wildman–Crippen LogP) is -0.826. The van der Waals surface area contributed by atoms with Gasteiger partial charge in [0, 0.05) is 57.2 Å². The predicted molar refractivity (Wildman–Crippen MR) is 105 cm³/mol. The van der Waals surface area contributed by atoms with Gasteiger partial charge in [0.15, 0.2) is 0 Å². The second kappa shape index (κ2) is 7.87. The number of aliphatic hydroxyl groups excluding tert-OH is 2. The number of hydrogen-bond acceptors (Lipinski definition) is 7. The summed E-state index contributed by atoms with van der Waals surface area (Å²) in [7, 11) is 0. The van der Waals surface area contributed by atoms with E-state index in [4.69, 9.17) is 0 Å². The Labute approximate surface area is 170 Å². The molecule has 6 atom stereocenters. The molecule has 0 unspecified atom stereocenters. The van der Waals surface area contributed by atoms with Crippen LogP contribution < -0.4 is 10.2 Å². The lowest BCUT2D eigenvalue weighted by atomic mass is 9.65. The topological polar surface area (TPSA) is 119 Å². The largest absolute Gasteiger partial charge is 0.390 e. The number of carbonyl (C=O) groups is 2. The van der Waals surface area contributed by atoms with Crippen molar-refractivity contribution in [2.24, 2.45) is 23.7 Å². The first-order valence-corrected chi connectivity index (χ1v) is 10.3. The fourth-order valence-electron chi connectivity index (χ4n) is 5.16. The van der Waals surface area contributed by atoms with E-state index in [1.165, 1.54) is 0 Å². The molecule has 9 nitrogen and oxygen atoms in total. The van der Waals surface area contributed by atoms with Gasteiger partial charge in [-0.1, -0.05) is 6.92 Å². The van der Waals surface area contributed by atoms with E-state index in [0.29, 0.717) is 32.7 Å². The smallest absolute Gasteiger partial charge is 0.226 e. The average Bonchev–Trinajstić information content (AvgIpc) is 3.02. The molecular weight excluding hydrogens is 374 g/mol. The van der Waals surface area contributed by atoms with E-state index in [1.54, 1.807) is 17.3 Å². The zero-order valence-electron chi connectivity index (χ0n) is 16.9. The first kappa shape index (κ1) is 20.0. The van der Waals surface area contributed by atoms with E-state index < -0.39 is 18.1 Å². The highest BCUT2D eigenvalue weighted by Gasteiger charge is 2.54. The van der Waals surface area contributed by atoms with Crippen molar-refractivity contribution in [2.75, 3.05) is 37.6 Å². The molecule has 1 aromatic rings. The van der Waals surface area contributed by atoms with Gasteiger partial charge in [0.25, 0.3) is 0 Å². The Balaban J connectivity index is 1.59. The van der Waals surface area contributed by atoms with Crippen molar-refractivity contribution < 1.29 is 19.8 Å². The van der Waals surface area contributed by atoms with Gasteiger partial charge in [-0.25, -0.2) is 4.98 Å². The molecule has 3 N–H and O–H groups in total. The highest BCUT2D eigenvalue weighted by atomic mass is 16.3. The van der Waals surface area contributed by atoms with Crippen LogP contribution in [0.25, 0.3) is 0 Å². The highest BCUT2D eigenvalue weighted by molar-refractivity contribution is 5.82. The molecule has 3 aliphatic rings. The lowest BCUT2D eigenvalue weighted by Crippen LogP contribution is -2.56. The number of amides is 2. The van der Waals surface area contributed by atoms with Crippen LogP contribution in [0.2, 0.25) is 0 Å². The Bertz CT molecular complexity index is 790. The standard InChI is InChI=1S/C20H29N5O4/c1-11-7-21-8-15(23-11)25-9-13-14(10-25)19(28)18(27)12(2)17(13)20(29)24-5-3-16(26)22-4-6-24/h7-8,12-14,17-19,27-28H,3-6,9-10H2,1-2H3,(H,22,26)/t12-,13+,14+,17+,18+,19+/m1/s1. The molecule has 3 heterocycles. The molecular formula is C20H29N5O4. The number of fused-ring (bicyclic) bond motifs is 1. The minimum Gasteiger partial charge on any atom is -0.390 e. The Kier molecular flexibility index (Phi) is 5.44. The number of nitrogens with one attached hydrogen (secondary N) is 1. The fourth-order valence-corrected chi connectivity index (χ4v) is 5.16. The van der Waals surface area contributed by atoms with Crippen LogP contribution >= 0.6 is 0 Å². The van der Waals surface area contributed by atoms with Crippen LogP contribution in [0.4, 0.5) is 5.82 Å². The Morgan fingerprint density at radius 2 is 1.93 bits per heavy atom. The molecule has 0 bridgehead atoms. The Morgan fingerprint density at radius 3 is 2.69 bits per heavy atom. The van der Waals surface area contributed by atoms with Crippen molar-refractivity contribution in [3.05, 3.63) is 18.1 Å². The summed E-state index contributed by atoms with van der Waals surface area (Å²) in [6.07, 6.45) is 1.83. The summed E-state index contributed by atoms with van der Waals surface area (Å²) in [6.45, 7) is 6.12. The van der Waals surface area contributed by atoms with Gasteiger partial charge in [0.1, 0.15) is 5.82 Å². The van der Waals surface area contributed by atoms with Crippen LogP contribution in [0.3, 0.4) is 0 Å². The molecule has 2 saturated heterocycles. The number of rotatable bonds is 2. The number of hydrogen-bond donors (Lipinski definition) is 3. The second-order valence-electron chi connectivity index (χ2n) is 8.54. The number of nitrogens with zero attached hydrogens (tertiary/aromatic N) is 4. The molecule has 4 rings (SSSR count). The molecule has 3 fully saturated rings. The van der Waals surface area contributed by atoms with Crippen LogP contribution in [-0.4, -0.2) is 81.8 Å². The van der Waals surface area contributed by atoms with Gasteiger partial charge in [-0.15, -0.1) is 0 Å². The Hall–Kier alpha value is -2.26. The van der Waals surface area contributed by atoms with Crippen molar-refractivity contribution in [2.45, 2.75) is 32.5 Å². The highest BCUT2D eigenvalue weighted by Crippen LogP contribution is 2.45. The van der Waals surface area contributed by atoms with Crippen molar-refractivity contribution in [3.8, 4) is 0 Å². The summed E-state index contributed by atoms with van der Waals surface area (Å²) in [4.78, 5) is 37.6. The van der Waals surface area contributed by atoms with Crippen LogP contribution in [-0.2, 0) is 9.59 Å². The van der Waals surface area contributed by atoms with E-state index in [2.05, 4.69) is 20.2 Å². The lowest BCUT2D eigenvalue weighted by Gasteiger charge is -2.44. The number of aryl methyl sites for hydroxylation is 1. The molecule has 1 aliphatic carbocycles. The molecule has 1 aromatic heterocycles.